The quantitative estimate of drug-likeness (QED) is 0.531. The van der Waals surface area contributed by atoms with Crippen LogP contribution in [0.3, 0.4) is 0 Å². The molecule has 5 rings (SSSR count). The number of methoxy groups -OCH3 is 1. The molecule has 3 aromatic heterocycles. The second kappa shape index (κ2) is 6.44. The van der Waals surface area contributed by atoms with Crippen molar-refractivity contribution in [2.45, 2.75) is 12.5 Å². The van der Waals surface area contributed by atoms with Crippen LogP contribution in [0, 0.1) is 0 Å². The molecule has 0 saturated carbocycles. The van der Waals surface area contributed by atoms with Gasteiger partial charge in [-0.2, -0.15) is 9.78 Å². The van der Waals surface area contributed by atoms with Crippen LogP contribution in [0.15, 0.2) is 42.9 Å². The van der Waals surface area contributed by atoms with Crippen LogP contribution in [0.4, 0.5) is 0 Å². The molecular formula is C18H17N7O2. The van der Waals surface area contributed by atoms with Crippen LogP contribution in [-0.2, 0) is 11.2 Å². The summed E-state index contributed by atoms with van der Waals surface area (Å²) < 4.78 is 14.1. The molecule has 1 aromatic carbocycles. The van der Waals surface area contributed by atoms with Gasteiger partial charge in [0.1, 0.15) is 11.6 Å². The average molecular weight is 363 g/mol. The highest BCUT2D eigenvalue weighted by atomic mass is 16.5. The summed E-state index contributed by atoms with van der Waals surface area (Å²) in [7, 11) is 1.64. The van der Waals surface area contributed by atoms with Crippen molar-refractivity contribution < 1.29 is 9.47 Å². The lowest BCUT2D eigenvalue weighted by Gasteiger charge is -2.25. The molecule has 27 heavy (non-hydrogen) atoms. The molecule has 136 valence electrons. The summed E-state index contributed by atoms with van der Waals surface area (Å²) in [5.74, 6) is 1.48. The number of fused-ring (bicyclic) bond motifs is 1. The Labute approximate surface area is 154 Å². The van der Waals surface area contributed by atoms with Gasteiger partial charge in [0, 0.05) is 12.6 Å². The van der Waals surface area contributed by atoms with Gasteiger partial charge in [0.2, 0.25) is 0 Å². The summed E-state index contributed by atoms with van der Waals surface area (Å²) in [5, 5.41) is 12.8. The normalized spacial score (nSPS) is 14.4. The third-order valence-corrected chi connectivity index (χ3v) is 4.57. The fraction of sp³-hybridized carbons (Fsp3) is 0.278. The number of rotatable bonds is 5. The molecule has 4 heterocycles. The van der Waals surface area contributed by atoms with Crippen LogP contribution in [-0.4, -0.2) is 55.1 Å². The number of hydrogen-bond acceptors (Lipinski definition) is 7. The molecule has 0 aliphatic carbocycles. The number of hydrogen-bond donors (Lipinski definition) is 0. The van der Waals surface area contributed by atoms with Crippen LogP contribution in [0.5, 0.6) is 5.75 Å². The predicted octanol–water partition coefficient (Wildman–Crippen LogP) is 1.58. The van der Waals surface area contributed by atoms with Crippen LogP contribution >= 0.6 is 0 Å². The molecule has 0 spiro atoms. The lowest BCUT2D eigenvalue weighted by atomic mass is 10.2. The van der Waals surface area contributed by atoms with Gasteiger partial charge in [-0.25, -0.2) is 9.97 Å². The fourth-order valence-electron chi connectivity index (χ4n) is 2.97. The van der Waals surface area contributed by atoms with Crippen molar-refractivity contribution in [2.75, 3.05) is 20.3 Å². The summed E-state index contributed by atoms with van der Waals surface area (Å²) in [4.78, 5) is 9.09. The number of aromatic nitrogens is 7. The third kappa shape index (κ3) is 2.91. The molecule has 0 atom stereocenters. The maximum absolute atomic E-state index is 5.22. The van der Waals surface area contributed by atoms with E-state index in [0.29, 0.717) is 29.5 Å². The minimum Gasteiger partial charge on any atom is -0.497 e. The largest absolute Gasteiger partial charge is 0.497 e. The zero-order chi connectivity index (χ0) is 18.2. The van der Waals surface area contributed by atoms with Crippen molar-refractivity contribution in [3.63, 3.8) is 0 Å². The van der Waals surface area contributed by atoms with E-state index >= 15 is 0 Å². The van der Waals surface area contributed by atoms with Crippen molar-refractivity contribution in [2.24, 2.45) is 0 Å². The van der Waals surface area contributed by atoms with E-state index < -0.39 is 0 Å². The summed E-state index contributed by atoms with van der Waals surface area (Å²) >= 11 is 0. The second-order valence-corrected chi connectivity index (χ2v) is 6.39. The highest BCUT2D eigenvalue weighted by molar-refractivity contribution is 5.70. The third-order valence-electron chi connectivity index (χ3n) is 4.57. The van der Waals surface area contributed by atoms with E-state index in [1.165, 1.54) is 0 Å². The molecule has 0 bridgehead atoms. The van der Waals surface area contributed by atoms with Gasteiger partial charge in [-0.05, 0) is 29.8 Å². The molecule has 1 fully saturated rings. The van der Waals surface area contributed by atoms with Gasteiger partial charge in [0.05, 0.1) is 44.4 Å². The van der Waals surface area contributed by atoms with Gasteiger partial charge < -0.3 is 9.47 Å². The van der Waals surface area contributed by atoms with Crippen molar-refractivity contribution in [1.29, 1.82) is 0 Å². The van der Waals surface area contributed by atoms with E-state index in [-0.39, 0.29) is 0 Å². The molecule has 1 saturated heterocycles. The summed E-state index contributed by atoms with van der Waals surface area (Å²) in [6.07, 6.45) is 6.18. The Balaban J connectivity index is 1.44. The first-order valence-corrected chi connectivity index (χ1v) is 8.63. The summed E-state index contributed by atoms with van der Waals surface area (Å²) in [6.45, 7) is 1.44. The van der Waals surface area contributed by atoms with E-state index in [9.17, 15) is 0 Å². The smallest absolute Gasteiger partial charge is 0.187 e. The first-order chi connectivity index (χ1) is 13.3. The Hall–Kier alpha value is -3.33. The molecular weight excluding hydrogens is 346 g/mol. The van der Waals surface area contributed by atoms with Gasteiger partial charge in [-0.3, -0.25) is 4.68 Å². The van der Waals surface area contributed by atoms with Gasteiger partial charge in [0.15, 0.2) is 11.2 Å². The van der Waals surface area contributed by atoms with E-state index in [2.05, 4.69) is 25.4 Å². The van der Waals surface area contributed by atoms with E-state index in [1.54, 1.807) is 18.0 Å². The molecule has 1 aliphatic heterocycles. The Bertz CT molecular complexity index is 1080. The van der Waals surface area contributed by atoms with Crippen LogP contribution in [0.25, 0.3) is 16.9 Å². The SMILES string of the molecule is COc1ccc(-n2nnc3cnc(Cc4cnn(C5COC5)c4)nc32)cc1. The minimum atomic E-state index is 0.336. The number of nitrogens with zero attached hydrogens (tertiary/aromatic N) is 7. The topological polar surface area (TPSA) is 92.8 Å². The number of ether oxygens (including phenoxy) is 2. The second-order valence-electron chi connectivity index (χ2n) is 6.39. The van der Waals surface area contributed by atoms with Gasteiger partial charge >= 0.3 is 0 Å². The van der Waals surface area contributed by atoms with Crippen molar-refractivity contribution >= 4 is 11.2 Å². The maximum atomic E-state index is 5.22. The summed E-state index contributed by atoms with van der Waals surface area (Å²) in [5.41, 5.74) is 3.24. The lowest BCUT2D eigenvalue weighted by Crippen LogP contribution is -2.30. The first-order valence-electron chi connectivity index (χ1n) is 8.63. The van der Waals surface area contributed by atoms with Crippen molar-refractivity contribution in [3.05, 3.63) is 54.2 Å². The minimum absolute atomic E-state index is 0.336. The van der Waals surface area contributed by atoms with Crippen molar-refractivity contribution in [1.82, 2.24) is 34.7 Å². The van der Waals surface area contributed by atoms with Crippen LogP contribution in [0.1, 0.15) is 17.4 Å². The van der Waals surface area contributed by atoms with Gasteiger partial charge in [-0.15, -0.1) is 5.10 Å². The fourth-order valence-corrected chi connectivity index (χ4v) is 2.97. The zero-order valence-electron chi connectivity index (χ0n) is 14.7. The predicted molar refractivity (Wildman–Crippen MR) is 95.9 cm³/mol. The Morgan fingerprint density at radius 1 is 1.19 bits per heavy atom. The van der Waals surface area contributed by atoms with Gasteiger partial charge in [0.25, 0.3) is 0 Å². The van der Waals surface area contributed by atoms with E-state index in [0.717, 1.165) is 30.2 Å². The molecule has 0 unspecified atom stereocenters. The molecule has 9 heteroatoms. The molecule has 0 radical (unpaired) electrons. The molecule has 4 aromatic rings. The first kappa shape index (κ1) is 15.9. The molecule has 0 amide bonds. The Kier molecular flexibility index (Phi) is 3.79. The highest BCUT2D eigenvalue weighted by Crippen LogP contribution is 2.19. The Morgan fingerprint density at radius 3 is 2.78 bits per heavy atom. The molecule has 1 aliphatic rings. The van der Waals surface area contributed by atoms with Crippen LogP contribution < -0.4 is 4.74 Å². The average Bonchev–Trinajstić information content (AvgIpc) is 3.27. The van der Waals surface area contributed by atoms with E-state index in [1.807, 2.05) is 41.3 Å². The zero-order valence-corrected chi connectivity index (χ0v) is 14.7. The standard InChI is InChI=1S/C18H17N7O2/c1-26-15-4-2-13(3-5-15)25-18-16(22-23-25)8-19-17(21-18)6-12-7-20-24(9-12)14-10-27-11-14/h2-5,7-9,14H,6,10-11H2,1H3. The van der Waals surface area contributed by atoms with Gasteiger partial charge in [-0.1, -0.05) is 5.21 Å². The summed E-state index contributed by atoms with van der Waals surface area (Å²) in [6, 6.07) is 7.93. The maximum Gasteiger partial charge on any atom is 0.187 e. The monoisotopic (exact) mass is 363 g/mol. The number of benzene rings is 1. The lowest BCUT2D eigenvalue weighted by molar-refractivity contribution is -0.0286. The van der Waals surface area contributed by atoms with E-state index in [4.69, 9.17) is 9.47 Å². The van der Waals surface area contributed by atoms with Crippen LogP contribution in [0.2, 0.25) is 0 Å². The Morgan fingerprint density at radius 2 is 2.04 bits per heavy atom. The van der Waals surface area contributed by atoms with Crippen molar-refractivity contribution in [3.8, 4) is 11.4 Å². The molecule has 0 N–H and O–H groups in total. The highest BCUT2D eigenvalue weighted by Gasteiger charge is 2.21. The molecule has 9 nitrogen and oxygen atoms in total.